The van der Waals surface area contributed by atoms with Crippen molar-refractivity contribution in [2.75, 3.05) is 20.1 Å². The summed E-state index contributed by atoms with van der Waals surface area (Å²) in [7, 11) is 2.04. The Kier molecular flexibility index (Phi) is 6.80. The number of rotatable bonds is 8. The normalized spacial score (nSPS) is 11.5. The molecule has 7 heteroatoms. The highest BCUT2D eigenvalue weighted by Crippen LogP contribution is 2.08. The van der Waals surface area contributed by atoms with Crippen molar-refractivity contribution in [1.29, 1.82) is 0 Å². The lowest BCUT2D eigenvalue weighted by atomic mass is 10.3. The van der Waals surface area contributed by atoms with E-state index in [0.29, 0.717) is 13.1 Å². The molecule has 0 spiro atoms. The fourth-order valence-electron chi connectivity index (χ4n) is 2.21. The lowest BCUT2D eigenvalue weighted by Gasteiger charge is -2.21. The van der Waals surface area contributed by atoms with Gasteiger partial charge in [-0.05, 0) is 22.4 Å². The SMILES string of the molecule is C=CCNC(=NCCn1cnnc1CC)N(C)Cc1ccsc1. The van der Waals surface area contributed by atoms with E-state index in [-0.39, 0.29) is 0 Å². The van der Waals surface area contributed by atoms with Crippen molar-refractivity contribution in [1.82, 2.24) is 25.0 Å². The number of aryl methyl sites for hydroxylation is 1. The van der Waals surface area contributed by atoms with Crippen LogP contribution in [0.1, 0.15) is 18.3 Å². The minimum atomic E-state index is 0.679. The molecule has 0 aromatic carbocycles. The molecule has 2 rings (SSSR count). The molecular formula is C16H24N6S. The Morgan fingerprint density at radius 1 is 1.57 bits per heavy atom. The maximum absolute atomic E-state index is 4.70. The van der Waals surface area contributed by atoms with Crippen molar-refractivity contribution in [3.63, 3.8) is 0 Å². The van der Waals surface area contributed by atoms with E-state index in [1.165, 1.54) is 5.56 Å². The Bertz CT molecular complexity index is 616. The molecular weight excluding hydrogens is 308 g/mol. The van der Waals surface area contributed by atoms with Crippen LogP contribution in [0.4, 0.5) is 0 Å². The molecule has 0 atom stereocenters. The number of hydrogen-bond donors (Lipinski definition) is 1. The molecule has 0 saturated carbocycles. The molecule has 1 N–H and O–H groups in total. The van der Waals surface area contributed by atoms with E-state index < -0.39 is 0 Å². The van der Waals surface area contributed by atoms with Gasteiger partial charge < -0.3 is 14.8 Å². The zero-order valence-electron chi connectivity index (χ0n) is 13.8. The van der Waals surface area contributed by atoms with Crippen LogP contribution in [-0.4, -0.2) is 45.8 Å². The van der Waals surface area contributed by atoms with E-state index in [1.54, 1.807) is 17.7 Å². The van der Waals surface area contributed by atoms with Crippen LogP contribution in [0.15, 0.2) is 40.8 Å². The quantitative estimate of drug-likeness (QED) is 0.457. The standard InChI is InChI=1S/C16H24N6S/c1-4-7-17-16(21(3)11-14-6-10-23-12-14)18-8-9-22-13-19-20-15(22)5-2/h4,6,10,12-13H,1,5,7-9,11H2,2-3H3,(H,17,18). The molecule has 0 aliphatic rings. The molecule has 0 bridgehead atoms. The minimum absolute atomic E-state index is 0.679. The van der Waals surface area contributed by atoms with E-state index >= 15 is 0 Å². The zero-order chi connectivity index (χ0) is 16.5. The maximum atomic E-state index is 4.70. The molecule has 2 aromatic heterocycles. The molecule has 0 radical (unpaired) electrons. The highest BCUT2D eigenvalue weighted by Gasteiger charge is 2.07. The lowest BCUT2D eigenvalue weighted by Crippen LogP contribution is -2.38. The van der Waals surface area contributed by atoms with Crippen LogP contribution in [0, 0.1) is 0 Å². The van der Waals surface area contributed by atoms with Crippen molar-refractivity contribution in [2.24, 2.45) is 4.99 Å². The second-order valence-electron chi connectivity index (χ2n) is 5.16. The zero-order valence-corrected chi connectivity index (χ0v) is 14.6. The number of nitrogens with zero attached hydrogens (tertiary/aromatic N) is 5. The highest BCUT2D eigenvalue weighted by atomic mass is 32.1. The number of aromatic nitrogens is 3. The predicted octanol–water partition coefficient (Wildman–Crippen LogP) is 2.17. The summed E-state index contributed by atoms with van der Waals surface area (Å²) in [5.74, 6) is 1.87. The van der Waals surface area contributed by atoms with Gasteiger partial charge in [-0.1, -0.05) is 13.0 Å². The number of hydrogen-bond acceptors (Lipinski definition) is 4. The average Bonchev–Trinajstić information content (AvgIpc) is 3.21. The van der Waals surface area contributed by atoms with Crippen molar-refractivity contribution < 1.29 is 0 Å². The molecule has 2 heterocycles. The van der Waals surface area contributed by atoms with Gasteiger partial charge in [0.05, 0.1) is 6.54 Å². The van der Waals surface area contributed by atoms with Gasteiger partial charge in [0.25, 0.3) is 0 Å². The van der Waals surface area contributed by atoms with Crippen molar-refractivity contribution in [3.8, 4) is 0 Å². The molecule has 0 aliphatic carbocycles. The first-order valence-electron chi connectivity index (χ1n) is 7.72. The lowest BCUT2D eigenvalue weighted by molar-refractivity contribution is 0.478. The monoisotopic (exact) mass is 332 g/mol. The Hall–Kier alpha value is -2.15. The largest absolute Gasteiger partial charge is 0.353 e. The topological polar surface area (TPSA) is 58.3 Å². The summed E-state index contributed by atoms with van der Waals surface area (Å²) in [6.07, 6.45) is 4.48. The second-order valence-corrected chi connectivity index (χ2v) is 5.94. The van der Waals surface area contributed by atoms with Crippen molar-refractivity contribution in [2.45, 2.75) is 26.4 Å². The van der Waals surface area contributed by atoms with E-state index in [1.807, 2.05) is 17.7 Å². The first kappa shape index (κ1) is 17.2. The smallest absolute Gasteiger partial charge is 0.194 e. The minimum Gasteiger partial charge on any atom is -0.353 e. The van der Waals surface area contributed by atoms with E-state index in [0.717, 1.165) is 31.3 Å². The third kappa shape index (κ3) is 5.21. The number of aliphatic imine (C=N–C) groups is 1. The number of guanidine groups is 1. The van der Waals surface area contributed by atoms with E-state index in [4.69, 9.17) is 4.99 Å². The fourth-order valence-corrected chi connectivity index (χ4v) is 2.87. The Balaban J connectivity index is 1.97. The molecule has 23 heavy (non-hydrogen) atoms. The Morgan fingerprint density at radius 2 is 2.43 bits per heavy atom. The predicted molar refractivity (Wildman–Crippen MR) is 95.7 cm³/mol. The first-order valence-corrected chi connectivity index (χ1v) is 8.67. The summed E-state index contributed by atoms with van der Waals surface area (Å²) in [6.45, 7) is 8.82. The van der Waals surface area contributed by atoms with Gasteiger partial charge in [0, 0.05) is 33.1 Å². The van der Waals surface area contributed by atoms with Gasteiger partial charge in [0.2, 0.25) is 0 Å². The molecule has 0 saturated heterocycles. The van der Waals surface area contributed by atoms with Crippen LogP contribution in [-0.2, 0) is 19.5 Å². The van der Waals surface area contributed by atoms with Gasteiger partial charge in [0.1, 0.15) is 12.2 Å². The van der Waals surface area contributed by atoms with Gasteiger partial charge in [-0.2, -0.15) is 11.3 Å². The molecule has 0 fully saturated rings. The van der Waals surface area contributed by atoms with Gasteiger partial charge in [0.15, 0.2) is 5.96 Å². The summed E-state index contributed by atoms with van der Waals surface area (Å²) in [6, 6.07) is 2.14. The summed E-state index contributed by atoms with van der Waals surface area (Å²) in [4.78, 5) is 6.83. The highest BCUT2D eigenvalue weighted by molar-refractivity contribution is 7.07. The first-order chi connectivity index (χ1) is 11.2. The average molecular weight is 332 g/mol. The Labute approximate surface area is 141 Å². The number of nitrogens with one attached hydrogen (secondary N) is 1. The summed E-state index contributed by atoms with van der Waals surface area (Å²) in [5, 5.41) is 15.6. The van der Waals surface area contributed by atoms with E-state index in [9.17, 15) is 0 Å². The summed E-state index contributed by atoms with van der Waals surface area (Å²) >= 11 is 1.71. The number of thiophene rings is 1. The molecule has 0 amide bonds. The van der Waals surface area contributed by atoms with Crippen LogP contribution in [0.5, 0.6) is 0 Å². The Morgan fingerprint density at radius 3 is 3.13 bits per heavy atom. The van der Waals surface area contributed by atoms with Gasteiger partial charge in [-0.3, -0.25) is 4.99 Å². The van der Waals surface area contributed by atoms with Gasteiger partial charge in [-0.25, -0.2) is 0 Å². The summed E-state index contributed by atoms with van der Waals surface area (Å²) in [5.41, 5.74) is 1.29. The maximum Gasteiger partial charge on any atom is 0.194 e. The van der Waals surface area contributed by atoms with Crippen LogP contribution in [0.3, 0.4) is 0 Å². The second kappa shape index (κ2) is 9.09. The molecule has 124 valence electrons. The van der Waals surface area contributed by atoms with Gasteiger partial charge >= 0.3 is 0 Å². The molecule has 0 aliphatic heterocycles. The van der Waals surface area contributed by atoms with Gasteiger partial charge in [-0.15, -0.1) is 16.8 Å². The van der Waals surface area contributed by atoms with Crippen LogP contribution in [0.25, 0.3) is 0 Å². The molecule has 0 unspecified atom stereocenters. The fraction of sp³-hybridized carbons (Fsp3) is 0.438. The van der Waals surface area contributed by atoms with Crippen LogP contribution < -0.4 is 5.32 Å². The van der Waals surface area contributed by atoms with Crippen molar-refractivity contribution >= 4 is 17.3 Å². The van der Waals surface area contributed by atoms with Crippen LogP contribution >= 0.6 is 11.3 Å². The third-order valence-corrected chi connectivity index (χ3v) is 4.11. The van der Waals surface area contributed by atoms with E-state index in [2.05, 4.69) is 50.7 Å². The molecule has 6 nitrogen and oxygen atoms in total. The molecule has 2 aromatic rings. The third-order valence-electron chi connectivity index (χ3n) is 3.38. The van der Waals surface area contributed by atoms with Crippen molar-refractivity contribution in [3.05, 3.63) is 47.2 Å². The van der Waals surface area contributed by atoms with Crippen LogP contribution in [0.2, 0.25) is 0 Å². The summed E-state index contributed by atoms with van der Waals surface area (Å²) < 4.78 is 2.05.